The van der Waals surface area contributed by atoms with Crippen LogP contribution < -0.4 is 16.6 Å². The fraction of sp³-hybridized carbons (Fsp3) is 0.462. The average Bonchev–Trinajstić information content (AvgIpc) is 2.86. The third-order valence-electron chi connectivity index (χ3n) is 7.32. The summed E-state index contributed by atoms with van der Waals surface area (Å²) in [6, 6.07) is 6.06. The van der Waals surface area contributed by atoms with Crippen LogP contribution in [-0.4, -0.2) is 37.6 Å². The maximum absolute atomic E-state index is 14.1. The lowest BCUT2D eigenvalue weighted by atomic mass is 9.90. The maximum Gasteiger partial charge on any atom is 0.333 e. The fourth-order valence-corrected chi connectivity index (χ4v) is 6.84. The lowest BCUT2D eigenvalue weighted by Crippen LogP contribution is -2.46. The zero-order valence-corrected chi connectivity index (χ0v) is 21.6. The van der Waals surface area contributed by atoms with Gasteiger partial charge in [-0.25, -0.2) is 14.2 Å². The van der Waals surface area contributed by atoms with E-state index in [0.717, 1.165) is 36.1 Å². The molecule has 1 aromatic carbocycles. The average molecular weight is 531 g/mol. The summed E-state index contributed by atoms with van der Waals surface area (Å²) >= 11 is 8.09. The van der Waals surface area contributed by atoms with Crippen LogP contribution in [0.3, 0.4) is 0 Å². The molecule has 7 nitrogen and oxygen atoms in total. The van der Waals surface area contributed by atoms with E-state index in [2.05, 4.69) is 10.3 Å². The number of halogens is 2. The highest BCUT2D eigenvalue weighted by molar-refractivity contribution is 7.99. The number of amides is 1. The summed E-state index contributed by atoms with van der Waals surface area (Å²) in [5.41, 5.74) is 0.662. The lowest BCUT2D eigenvalue weighted by molar-refractivity contribution is 0.0921. The second kappa shape index (κ2) is 10.4. The number of benzene rings is 1. The molecule has 3 heterocycles. The molecule has 2 aromatic heterocycles. The Labute approximate surface area is 217 Å². The quantitative estimate of drug-likeness (QED) is 0.531. The van der Waals surface area contributed by atoms with Gasteiger partial charge in [-0.05, 0) is 74.7 Å². The van der Waals surface area contributed by atoms with Crippen molar-refractivity contribution in [3.63, 3.8) is 0 Å². The van der Waals surface area contributed by atoms with Crippen molar-refractivity contribution in [3.05, 3.63) is 73.3 Å². The molecule has 2 fully saturated rings. The molecule has 1 saturated carbocycles. The van der Waals surface area contributed by atoms with Gasteiger partial charge in [-0.3, -0.25) is 18.7 Å². The van der Waals surface area contributed by atoms with Crippen molar-refractivity contribution in [3.8, 4) is 0 Å². The summed E-state index contributed by atoms with van der Waals surface area (Å²) in [6.45, 7) is 1.84. The van der Waals surface area contributed by atoms with E-state index in [1.165, 1.54) is 10.6 Å². The van der Waals surface area contributed by atoms with E-state index in [1.54, 1.807) is 16.7 Å². The van der Waals surface area contributed by atoms with Gasteiger partial charge in [-0.2, -0.15) is 11.8 Å². The SMILES string of the molecule is Cc1cccc(Cl)c1C(=O)NC1CCC(n2c(=O)c3cc(F)cnc3n(C3CCSCC3)c2=O)CC1. The van der Waals surface area contributed by atoms with Crippen molar-refractivity contribution in [1.29, 1.82) is 0 Å². The lowest BCUT2D eigenvalue weighted by Gasteiger charge is -2.31. The number of hydrogen-bond acceptors (Lipinski definition) is 5. The first-order valence-corrected chi connectivity index (χ1v) is 13.8. The first-order valence-electron chi connectivity index (χ1n) is 12.3. The molecule has 36 heavy (non-hydrogen) atoms. The third-order valence-corrected chi connectivity index (χ3v) is 8.69. The van der Waals surface area contributed by atoms with Crippen LogP contribution >= 0.6 is 23.4 Å². The summed E-state index contributed by atoms with van der Waals surface area (Å²) in [7, 11) is 0. The molecule has 1 saturated heterocycles. The van der Waals surface area contributed by atoms with Crippen LogP contribution in [0.2, 0.25) is 5.02 Å². The van der Waals surface area contributed by atoms with Gasteiger partial charge < -0.3 is 5.32 Å². The smallest absolute Gasteiger partial charge is 0.333 e. The molecule has 0 unspecified atom stereocenters. The van der Waals surface area contributed by atoms with E-state index < -0.39 is 11.4 Å². The van der Waals surface area contributed by atoms with Gasteiger partial charge in [0.05, 0.1) is 22.2 Å². The van der Waals surface area contributed by atoms with Crippen LogP contribution in [0.5, 0.6) is 0 Å². The minimum absolute atomic E-state index is 0.0689. The molecule has 5 rings (SSSR count). The van der Waals surface area contributed by atoms with Crippen molar-refractivity contribution < 1.29 is 9.18 Å². The number of nitrogens with one attached hydrogen (secondary N) is 1. The van der Waals surface area contributed by atoms with Gasteiger partial charge in [0.15, 0.2) is 0 Å². The second-order valence-electron chi connectivity index (χ2n) is 9.61. The Morgan fingerprint density at radius 1 is 1.08 bits per heavy atom. The number of aryl methyl sites for hydroxylation is 1. The highest BCUT2D eigenvalue weighted by atomic mass is 35.5. The first-order chi connectivity index (χ1) is 17.3. The number of pyridine rings is 1. The highest BCUT2D eigenvalue weighted by Crippen LogP contribution is 2.30. The molecule has 2 aliphatic rings. The Morgan fingerprint density at radius 3 is 2.47 bits per heavy atom. The van der Waals surface area contributed by atoms with Gasteiger partial charge in [0.25, 0.3) is 11.5 Å². The Morgan fingerprint density at radius 2 is 1.78 bits per heavy atom. The van der Waals surface area contributed by atoms with Crippen LogP contribution in [0, 0.1) is 12.7 Å². The topological polar surface area (TPSA) is 86.0 Å². The van der Waals surface area contributed by atoms with Crippen LogP contribution in [-0.2, 0) is 0 Å². The summed E-state index contributed by atoms with van der Waals surface area (Å²) in [5.74, 6) is 1.03. The molecule has 0 spiro atoms. The number of hydrogen-bond donors (Lipinski definition) is 1. The monoisotopic (exact) mass is 530 g/mol. The molecule has 0 bridgehead atoms. The van der Waals surface area contributed by atoms with Crippen molar-refractivity contribution in [2.24, 2.45) is 0 Å². The zero-order valence-electron chi connectivity index (χ0n) is 20.0. The van der Waals surface area contributed by atoms with E-state index in [1.807, 2.05) is 24.8 Å². The Bertz CT molecular complexity index is 1400. The van der Waals surface area contributed by atoms with Crippen molar-refractivity contribution in [2.75, 3.05) is 11.5 Å². The number of aromatic nitrogens is 3. The molecule has 1 aliphatic carbocycles. The molecule has 1 N–H and O–H groups in total. The number of carbonyl (C=O) groups excluding carboxylic acids is 1. The van der Waals surface area contributed by atoms with Gasteiger partial charge in [0.2, 0.25) is 0 Å². The third kappa shape index (κ3) is 4.70. The number of thioether (sulfide) groups is 1. The van der Waals surface area contributed by atoms with Crippen LogP contribution in [0.25, 0.3) is 11.0 Å². The van der Waals surface area contributed by atoms with Gasteiger partial charge >= 0.3 is 5.69 Å². The van der Waals surface area contributed by atoms with Gasteiger partial charge in [-0.1, -0.05) is 23.7 Å². The maximum atomic E-state index is 14.1. The van der Waals surface area contributed by atoms with E-state index in [-0.39, 0.29) is 40.8 Å². The van der Waals surface area contributed by atoms with Crippen molar-refractivity contribution in [1.82, 2.24) is 19.4 Å². The molecule has 0 atom stereocenters. The van der Waals surface area contributed by atoms with E-state index in [0.29, 0.717) is 36.3 Å². The fourth-order valence-electron chi connectivity index (χ4n) is 5.45. The molecule has 190 valence electrons. The van der Waals surface area contributed by atoms with Crippen LogP contribution in [0.4, 0.5) is 4.39 Å². The molecule has 0 radical (unpaired) electrons. The largest absolute Gasteiger partial charge is 0.349 e. The van der Waals surface area contributed by atoms with E-state index in [9.17, 15) is 18.8 Å². The Kier molecular flexibility index (Phi) is 7.21. The minimum atomic E-state index is -0.600. The van der Waals surface area contributed by atoms with Gasteiger partial charge in [0.1, 0.15) is 11.5 Å². The normalized spacial score (nSPS) is 21.0. The minimum Gasteiger partial charge on any atom is -0.349 e. The van der Waals surface area contributed by atoms with E-state index >= 15 is 0 Å². The number of fused-ring (bicyclic) bond motifs is 1. The zero-order chi connectivity index (χ0) is 25.4. The number of rotatable bonds is 4. The van der Waals surface area contributed by atoms with Crippen molar-refractivity contribution >= 4 is 40.3 Å². The molecule has 1 amide bonds. The van der Waals surface area contributed by atoms with E-state index in [4.69, 9.17) is 11.6 Å². The van der Waals surface area contributed by atoms with Crippen LogP contribution in [0.15, 0.2) is 40.1 Å². The highest BCUT2D eigenvalue weighted by Gasteiger charge is 2.30. The molecular weight excluding hydrogens is 503 g/mol. The predicted octanol–water partition coefficient (Wildman–Crippen LogP) is 4.64. The Hall–Kier alpha value is -2.65. The second-order valence-corrected chi connectivity index (χ2v) is 11.2. The van der Waals surface area contributed by atoms with Gasteiger partial charge in [-0.15, -0.1) is 0 Å². The summed E-state index contributed by atoms with van der Waals surface area (Å²) in [5, 5.41) is 3.61. The molecule has 1 aliphatic heterocycles. The number of carbonyl (C=O) groups is 1. The standard InChI is InChI=1S/C26H28ClFN4O3S/c1-15-3-2-4-21(27)22(15)24(33)30-17-5-7-18(8-6-17)32-25(34)20-13-16(28)14-29-23(20)31(26(32)35)19-9-11-36-12-10-19/h2-4,13-14,17-19H,5-12H2,1H3,(H,30,33). The molecule has 10 heteroatoms. The summed E-state index contributed by atoms with van der Waals surface area (Å²) in [4.78, 5) is 44.1. The summed E-state index contributed by atoms with van der Waals surface area (Å²) < 4.78 is 17.0. The van der Waals surface area contributed by atoms with Crippen molar-refractivity contribution in [2.45, 2.75) is 63.6 Å². The van der Waals surface area contributed by atoms with Crippen LogP contribution in [0.1, 0.15) is 66.5 Å². The summed E-state index contributed by atoms with van der Waals surface area (Å²) in [6.07, 6.45) is 5.01. The molecular formula is C26H28ClFN4O3S. The Balaban J connectivity index is 1.42. The number of nitrogens with zero attached hydrogens (tertiary/aromatic N) is 3. The molecule has 3 aromatic rings. The first kappa shape index (κ1) is 25.0. The van der Waals surface area contributed by atoms with Gasteiger partial charge in [0, 0.05) is 18.1 Å². The predicted molar refractivity (Wildman–Crippen MR) is 141 cm³/mol.